The fourth-order valence-electron chi connectivity index (χ4n) is 1.59. The van der Waals surface area contributed by atoms with Crippen LogP contribution in [0.1, 0.15) is 5.56 Å². The Morgan fingerprint density at radius 1 is 1.29 bits per heavy atom. The standard InChI is InChI=1S/C12H19NO4/c1-8-11(16-2)5-4-10(12(8)17-3)13-6-9(15)7-14/h4-5,9,13-15H,6-7H2,1-3H3. The topological polar surface area (TPSA) is 71.0 Å². The third-order valence-corrected chi connectivity index (χ3v) is 2.52. The Balaban J connectivity index is 2.88. The van der Waals surface area contributed by atoms with Crippen LogP contribution in [0.2, 0.25) is 0 Å². The van der Waals surface area contributed by atoms with Gasteiger partial charge in [0.1, 0.15) is 11.5 Å². The van der Waals surface area contributed by atoms with E-state index in [0.29, 0.717) is 5.75 Å². The summed E-state index contributed by atoms with van der Waals surface area (Å²) in [4.78, 5) is 0. The van der Waals surface area contributed by atoms with Gasteiger partial charge in [0.2, 0.25) is 0 Å². The van der Waals surface area contributed by atoms with Gasteiger partial charge in [-0.15, -0.1) is 0 Å². The van der Waals surface area contributed by atoms with E-state index in [1.54, 1.807) is 14.2 Å². The molecular weight excluding hydrogens is 222 g/mol. The van der Waals surface area contributed by atoms with E-state index < -0.39 is 6.10 Å². The molecule has 3 N–H and O–H groups in total. The fraction of sp³-hybridized carbons (Fsp3) is 0.500. The van der Waals surface area contributed by atoms with E-state index in [2.05, 4.69) is 5.32 Å². The molecule has 0 amide bonds. The van der Waals surface area contributed by atoms with Crippen molar-refractivity contribution in [2.75, 3.05) is 32.7 Å². The first-order valence-electron chi connectivity index (χ1n) is 5.38. The summed E-state index contributed by atoms with van der Waals surface area (Å²) in [5.74, 6) is 1.42. The average molecular weight is 241 g/mol. The molecule has 0 heterocycles. The average Bonchev–Trinajstić information content (AvgIpc) is 2.35. The predicted octanol–water partition coefficient (Wildman–Crippen LogP) is 0.777. The molecule has 96 valence electrons. The molecule has 0 aliphatic carbocycles. The zero-order valence-corrected chi connectivity index (χ0v) is 10.4. The summed E-state index contributed by atoms with van der Waals surface area (Å²) < 4.78 is 10.5. The van der Waals surface area contributed by atoms with Crippen LogP contribution in [0, 0.1) is 6.92 Å². The third-order valence-electron chi connectivity index (χ3n) is 2.52. The smallest absolute Gasteiger partial charge is 0.148 e. The van der Waals surface area contributed by atoms with Crippen LogP contribution in [0.3, 0.4) is 0 Å². The molecule has 0 radical (unpaired) electrons. The molecular formula is C12H19NO4. The zero-order valence-electron chi connectivity index (χ0n) is 10.4. The lowest BCUT2D eigenvalue weighted by Crippen LogP contribution is -2.23. The Kier molecular flexibility index (Phi) is 5.06. The van der Waals surface area contributed by atoms with Crippen LogP contribution in [-0.2, 0) is 0 Å². The van der Waals surface area contributed by atoms with E-state index in [9.17, 15) is 5.11 Å². The Bertz CT molecular complexity index is 368. The second-order valence-corrected chi connectivity index (χ2v) is 3.69. The maximum absolute atomic E-state index is 9.27. The number of aliphatic hydroxyl groups is 2. The molecule has 0 aromatic heterocycles. The van der Waals surface area contributed by atoms with E-state index in [4.69, 9.17) is 14.6 Å². The molecule has 0 saturated carbocycles. The van der Waals surface area contributed by atoms with E-state index in [1.165, 1.54) is 0 Å². The van der Waals surface area contributed by atoms with Gasteiger partial charge in [-0.25, -0.2) is 0 Å². The van der Waals surface area contributed by atoms with E-state index >= 15 is 0 Å². The summed E-state index contributed by atoms with van der Waals surface area (Å²) in [5.41, 5.74) is 1.65. The van der Waals surface area contributed by atoms with Gasteiger partial charge in [0.15, 0.2) is 0 Å². The molecule has 0 spiro atoms. The van der Waals surface area contributed by atoms with Gasteiger partial charge in [0, 0.05) is 12.1 Å². The summed E-state index contributed by atoms with van der Waals surface area (Å²) in [5, 5.41) is 21.0. The Hall–Kier alpha value is -1.46. The molecule has 1 unspecified atom stereocenters. The SMILES string of the molecule is COc1ccc(NCC(O)CO)c(OC)c1C. The number of benzene rings is 1. The maximum Gasteiger partial charge on any atom is 0.148 e. The number of hydrogen-bond acceptors (Lipinski definition) is 5. The van der Waals surface area contributed by atoms with Crippen molar-refractivity contribution < 1.29 is 19.7 Å². The molecule has 0 aliphatic rings. The molecule has 5 nitrogen and oxygen atoms in total. The minimum Gasteiger partial charge on any atom is -0.496 e. The normalized spacial score (nSPS) is 12.1. The van der Waals surface area contributed by atoms with Crippen molar-refractivity contribution in [3.05, 3.63) is 17.7 Å². The molecule has 0 saturated heterocycles. The second kappa shape index (κ2) is 6.32. The van der Waals surface area contributed by atoms with Crippen molar-refractivity contribution >= 4 is 5.69 Å². The number of nitrogens with one attached hydrogen (secondary N) is 1. The van der Waals surface area contributed by atoms with Crippen LogP contribution in [-0.4, -0.2) is 43.7 Å². The predicted molar refractivity (Wildman–Crippen MR) is 65.9 cm³/mol. The van der Waals surface area contributed by atoms with Crippen molar-refractivity contribution in [2.45, 2.75) is 13.0 Å². The van der Waals surface area contributed by atoms with Gasteiger partial charge in [0.25, 0.3) is 0 Å². The first kappa shape index (κ1) is 13.6. The van der Waals surface area contributed by atoms with Crippen molar-refractivity contribution in [2.24, 2.45) is 0 Å². The van der Waals surface area contributed by atoms with Crippen molar-refractivity contribution in [3.63, 3.8) is 0 Å². The Morgan fingerprint density at radius 3 is 2.53 bits per heavy atom. The van der Waals surface area contributed by atoms with Crippen LogP contribution in [0.4, 0.5) is 5.69 Å². The lowest BCUT2D eigenvalue weighted by Gasteiger charge is -2.17. The molecule has 1 aromatic carbocycles. The van der Waals surface area contributed by atoms with Gasteiger partial charge in [0.05, 0.1) is 32.6 Å². The number of anilines is 1. The number of hydrogen-bond donors (Lipinski definition) is 3. The summed E-state index contributed by atoms with van der Waals surface area (Å²) in [6.07, 6.45) is -0.790. The van der Waals surface area contributed by atoms with Gasteiger partial charge in [-0.3, -0.25) is 0 Å². The van der Waals surface area contributed by atoms with Crippen LogP contribution in [0.15, 0.2) is 12.1 Å². The fourth-order valence-corrected chi connectivity index (χ4v) is 1.59. The highest BCUT2D eigenvalue weighted by Gasteiger charge is 2.11. The maximum atomic E-state index is 9.27. The first-order chi connectivity index (χ1) is 8.13. The zero-order chi connectivity index (χ0) is 12.8. The van der Waals surface area contributed by atoms with Gasteiger partial charge in [-0.05, 0) is 19.1 Å². The van der Waals surface area contributed by atoms with Crippen LogP contribution in [0.5, 0.6) is 11.5 Å². The number of ether oxygens (including phenoxy) is 2. The molecule has 17 heavy (non-hydrogen) atoms. The largest absolute Gasteiger partial charge is 0.496 e. The van der Waals surface area contributed by atoms with E-state index in [1.807, 2.05) is 19.1 Å². The minimum absolute atomic E-state index is 0.263. The Labute approximate surface area is 101 Å². The number of methoxy groups -OCH3 is 2. The highest BCUT2D eigenvalue weighted by Crippen LogP contribution is 2.34. The molecule has 1 rings (SSSR count). The molecule has 0 aliphatic heterocycles. The Morgan fingerprint density at radius 2 is 2.00 bits per heavy atom. The second-order valence-electron chi connectivity index (χ2n) is 3.69. The lowest BCUT2D eigenvalue weighted by molar-refractivity contribution is 0.105. The molecule has 5 heteroatoms. The van der Waals surface area contributed by atoms with Gasteiger partial charge in [-0.1, -0.05) is 0 Å². The van der Waals surface area contributed by atoms with Gasteiger partial charge in [-0.2, -0.15) is 0 Å². The van der Waals surface area contributed by atoms with Crippen molar-refractivity contribution in [1.82, 2.24) is 0 Å². The molecule has 1 aromatic rings. The van der Waals surface area contributed by atoms with Crippen LogP contribution >= 0.6 is 0 Å². The van der Waals surface area contributed by atoms with Crippen molar-refractivity contribution in [3.8, 4) is 11.5 Å². The molecule has 0 bridgehead atoms. The highest BCUT2D eigenvalue weighted by molar-refractivity contribution is 5.63. The lowest BCUT2D eigenvalue weighted by atomic mass is 10.1. The first-order valence-corrected chi connectivity index (χ1v) is 5.38. The van der Waals surface area contributed by atoms with E-state index in [0.717, 1.165) is 17.0 Å². The minimum atomic E-state index is -0.790. The monoisotopic (exact) mass is 241 g/mol. The van der Waals surface area contributed by atoms with Crippen LogP contribution < -0.4 is 14.8 Å². The van der Waals surface area contributed by atoms with Gasteiger partial charge >= 0.3 is 0 Å². The number of aliphatic hydroxyl groups excluding tert-OH is 2. The summed E-state index contributed by atoms with van der Waals surface area (Å²) in [6.45, 7) is 1.88. The molecule has 1 atom stereocenters. The quantitative estimate of drug-likeness (QED) is 0.686. The van der Waals surface area contributed by atoms with Crippen molar-refractivity contribution in [1.29, 1.82) is 0 Å². The van der Waals surface area contributed by atoms with Crippen LogP contribution in [0.25, 0.3) is 0 Å². The highest BCUT2D eigenvalue weighted by atomic mass is 16.5. The third kappa shape index (κ3) is 3.25. The summed E-state index contributed by atoms with van der Waals surface area (Å²) >= 11 is 0. The molecule has 0 fully saturated rings. The summed E-state index contributed by atoms with van der Waals surface area (Å²) in [7, 11) is 3.18. The van der Waals surface area contributed by atoms with E-state index in [-0.39, 0.29) is 13.2 Å². The summed E-state index contributed by atoms with van der Waals surface area (Å²) in [6, 6.07) is 3.64. The van der Waals surface area contributed by atoms with Gasteiger partial charge < -0.3 is 25.0 Å². The number of rotatable bonds is 6.